The Balaban J connectivity index is 0.922. The van der Waals surface area contributed by atoms with Crippen LogP contribution in [0.5, 0.6) is 0 Å². The first-order chi connectivity index (χ1) is 34.7. The van der Waals surface area contributed by atoms with Gasteiger partial charge in [-0.3, -0.25) is 0 Å². The normalized spacial score (nSPS) is 13.3. The third-order valence-corrected chi connectivity index (χ3v) is 15.7. The molecule has 2 aliphatic rings. The van der Waals surface area contributed by atoms with E-state index in [1.165, 1.54) is 110 Å². The van der Waals surface area contributed by atoms with E-state index in [-0.39, 0.29) is 0 Å². The monoisotopic (exact) mass is 888 g/mol. The van der Waals surface area contributed by atoms with Crippen LogP contribution in [0.15, 0.2) is 247 Å². The molecule has 3 nitrogen and oxygen atoms in total. The SMILES string of the molecule is c1ccc(-n2c3ccccc3c3ccc(-c4cccc5c4c4ccccc4n5-c4ccc5c(c4)C4(c6ccccc6-c6ccccc64)c4cc(-c6ccc7oc8ccccc8c7c6)ccc4-5)cc32)cc1. The summed E-state index contributed by atoms with van der Waals surface area (Å²) in [6, 6.07) is 90.0. The third kappa shape index (κ3) is 4.92. The number of hydrogen-bond acceptors (Lipinski definition) is 1. The fourth-order valence-electron chi connectivity index (χ4n) is 12.9. The van der Waals surface area contributed by atoms with E-state index < -0.39 is 5.41 Å². The Morgan fingerprint density at radius 1 is 0.271 bits per heavy atom. The molecule has 16 rings (SSSR count). The highest BCUT2D eigenvalue weighted by molar-refractivity contribution is 6.17. The van der Waals surface area contributed by atoms with Gasteiger partial charge in [0.05, 0.1) is 27.5 Å². The van der Waals surface area contributed by atoms with Gasteiger partial charge in [0.1, 0.15) is 11.2 Å². The Hall–Kier alpha value is -9.18. The molecule has 0 amide bonds. The molecule has 0 N–H and O–H groups in total. The summed E-state index contributed by atoms with van der Waals surface area (Å²) in [5.74, 6) is 0. The van der Waals surface area contributed by atoms with Crippen LogP contribution in [0.1, 0.15) is 22.3 Å². The predicted molar refractivity (Wildman–Crippen MR) is 290 cm³/mol. The standard InChI is InChI=1S/C67H40N2O/c1-2-15-44(16-3-1)68-60-25-11-6-19-51(60)52-34-30-43(39-63(52)68)46-22-14-27-62-66(46)54-21-7-12-26-61(54)69(62)45-32-35-50-49-33-29-42(41-31-36-65-55(37-41)53-20-8-13-28-64(53)70-65)38-58(49)67(59(50)40-45)56-23-9-4-17-47(56)48-18-5-10-24-57(48)67/h1-40H. The van der Waals surface area contributed by atoms with Crippen LogP contribution in [0.3, 0.4) is 0 Å². The number of rotatable bonds is 4. The number of aromatic nitrogens is 2. The molecule has 11 aromatic carbocycles. The molecule has 3 heteroatoms. The van der Waals surface area contributed by atoms with E-state index in [1.54, 1.807) is 0 Å². The predicted octanol–water partition coefficient (Wildman–Crippen LogP) is 17.5. The fraction of sp³-hybridized carbons (Fsp3) is 0.0149. The Labute approximate surface area is 403 Å². The van der Waals surface area contributed by atoms with Gasteiger partial charge >= 0.3 is 0 Å². The van der Waals surface area contributed by atoms with Crippen molar-refractivity contribution in [1.82, 2.24) is 9.13 Å². The van der Waals surface area contributed by atoms with E-state index in [2.05, 4.69) is 246 Å². The van der Waals surface area contributed by atoms with Gasteiger partial charge in [-0.05, 0) is 140 Å². The molecule has 1 spiro atoms. The van der Waals surface area contributed by atoms with Crippen LogP contribution in [0, 0.1) is 0 Å². The maximum Gasteiger partial charge on any atom is 0.135 e. The number of furan rings is 1. The molecule has 0 unspecified atom stereocenters. The molecule has 3 heterocycles. The van der Waals surface area contributed by atoms with Crippen molar-refractivity contribution < 1.29 is 4.42 Å². The van der Waals surface area contributed by atoms with Gasteiger partial charge in [-0.1, -0.05) is 170 Å². The van der Waals surface area contributed by atoms with Crippen LogP contribution in [-0.2, 0) is 5.41 Å². The van der Waals surface area contributed by atoms with E-state index in [0.717, 1.165) is 33.3 Å². The first-order valence-corrected chi connectivity index (χ1v) is 24.2. The maximum atomic E-state index is 6.28. The average Bonchev–Trinajstić information content (AvgIpc) is 4.21. The van der Waals surface area contributed by atoms with Crippen molar-refractivity contribution in [2.24, 2.45) is 0 Å². The summed E-state index contributed by atoms with van der Waals surface area (Å²) >= 11 is 0. The van der Waals surface area contributed by atoms with E-state index in [4.69, 9.17) is 4.42 Å². The molecule has 70 heavy (non-hydrogen) atoms. The van der Waals surface area contributed by atoms with Crippen molar-refractivity contribution in [3.05, 3.63) is 265 Å². The number of hydrogen-bond donors (Lipinski definition) is 0. The van der Waals surface area contributed by atoms with Crippen molar-refractivity contribution in [2.45, 2.75) is 5.41 Å². The van der Waals surface area contributed by atoms with Crippen LogP contribution in [0.2, 0.25) is 0 Å². The summed E-state index contributed by atoms with van der Waals surface area (Å²) in [4.78, 5) is 0. The lowest BCUT2D eigenvalue weighted by molar-refractivity contribution is 0.669. The molecule has 0 atom stereocenters. The van der Waals surface area contributed by atoms with Gasteiger partial charge in [0.2, 0.25) is 0 Å². The summed E-state index contributed by atoms with van der Waals surface area (Å²) in [6.45, 7) is 0. The van der Waals surface area contributed by atoms with Gasteiger partial charge in [0.25, 0.3) is 0 Å². The summed E-state index contributed by atoms with van der Waals surface area (Å²) in [7, 11) is 0. The molecule has 0 aliphatic heterocycles. The number of fused-ring (bicyclic) bond motifs is 19. The van der Waals surface area contributed by atoms with Gasteiger partial charge in [0, 0.05) is 43.7 Å². The van der Waals surface area contributed by atoms with Gasteiger partial charge in [-0.2, -0.15) is 0 Å². The highest BCUT2D eigenvalue weighted by Gasteiger charge is 2.52. The van der Waals surface area contributed by atoms with Crippen LogP contribution in [0.4, 0.5) is 0 Å². The van der Waals surface area contributed by atoms with Crippen LogP contribution in [0.25, 0.3) is 121 Å². The first kappa shape index (κ1) is 37.9. The Kier molecular flexibility index (Phi) is 7.54. The molecule has 0 fully saturated rings. The number of nitrogens with zero attached hydrogens (tertiary/aromatic N) is 2. The average molecular weight is 889 g/mol. The smallest absolute Gasteiger partial charge is 0.135 e. The van der Waals surface area contributed by atoms with Crippen molar-refractivity contribution in [2.75, 3.05) is 0 Å². The van der Waals surface area contributed by atoms with E-state index in [1.807, 2.05) is 6.07 Å². The second kappa shape index (κ2) is 13.9. The summed E-state index contributed by atoms with van der Waals surface area (Å²) in [6.07, 6.45) is 0. The Morgan fingerprint density at radius 3 is 1.63 bits per heavy atom. The van der Waals surface area contributed by atoms with Gasteiger partial charge in [-0.15, -0.1) is 0 Å². The minimum atomic E-state index is -0.535. The van der Waals surface area contributed by atoms with E-state index >= 15 is 0 Å². The second-order valence-corrected chi connectivity index (χ2v) is 19.1. The third-order valence-electron chi connectivity index (χ3n) is 15.7. The van der Waals surface area contributed by atoms with Crippen LogP contribution < -0.4 is 0 Å². The zero-order valence-corrected chi connectivity index (χ0v) is 37.9. The zero-order chi connectivity index (χ0) is 45.7. The minimum Gasteiger partial charge on any atom is -0.456 e. The molecular weight excluding hydrogens is 849 g/mol. The van der Waals surface area contributed by atoms with E-state index in [0.29, 0.717) is 0 Å². The lowest BCUT2D eigenvalue weighted by Crippen LogP contribution is -2.26. The Bertz CT molecular complexity index is 4500. The highest BCUT2D eigenvalue weighted by Crippen LogP contribution is 2.63. The maximum absolute atomic E-state index is 6.28. The lowest BCUT2D eigenvalue weighted by atomic mass is 9.70. The molecule has 324 valence electrons. The zero-order valence-electron chi connectivity index (χ0n) is 37.9. The molecule has 14 aromatic rings. The molecular formula is C67H40N2O. The van der Waals surface area contributed by atoms with Crippen LogP contribution in [-0.4, -0.2) is 9.13 Å². The second-order valence-electron chi connectivity index (χ2n) is 19.1. The molecule has 0 saturated heterocycles. The largest absolute Gasteiger partial charge is 0.456 e. The highest BCUT2D eigenvalue weighted by atomic mass is 16.3. The quantitative estimate of drug-likeness (QED) is 0.173. The molecule has 0 radical (unpaired) electrons. The van der Waals surface area contributed by atoms with Crippen LogP contribution >= 0.6 is 0 Å². The van der Waals surface area contributed by atoms with Crippen molar-refractivity contribution in [3.63, 3.8) is 0 Å². The summed E-state index contributed by atoms with van der Waals surface area (Å²) in [5, 5.41) is 7.27. The number of benzene rings is 11. The molecule has 3 aromatic heterocycles. The topological polar surface area (TPSA) is 23.0 Å². The van der Waals surface area contributed by atoms with Gasteiger partial charge in [0.15, 0.2) is 0 Å². The Morgan fingerprint density at radius 2 is 0.814 bits per heavy atom. The first-order valence-electron chi connectivity index (χ1n) is 24.2. The minimum absolute atomic E-state index is 0.535. The van der Waals surface area contributed by atoms with Gasteiger partial charge in [-0.25, -0.2) is 0 Å². The summed E-state index contributed by atoms with van der Waals surface area (Å²) < 4.78 is 11.2. The molecule has 0 saturated carbocycles. The molecule has 0 bridgehead atoms. The summed E-state index contributed by atoms with van der Waals surface area (Å²) in [5.41, 5.74) is 23.6. The fourth-order valence-corrected chi connectivity index (χ4v) is 12.9. The van der Waals surface area contributed by atoms with Crippen molar-refractivity contribution in [1.29, 1.82) is 0 Å². The molecule has 2 aliphatic carbocycles. The van der Waals surface area contributed by atoms with E-state index in [9.17, 15) is 0 Å². The van der Waals surface area contributed by atoms with Gasteiger partial charge < -0.3 is 13.6 Å². The lowest BCUT2D eigenvalue weighted by Gasteiger charge is -2.31. The van der Waals surface area contributed by atoms with Crippen molar-refractivity contribution >= 4 is 65.6 Å². The number of para-hydroxylation sites is 4. The van der Waals surface area contributed by atoms with Crippen molar-refractivity contribution in [3.8, 4) is 55.9 Å².